The van der Waals surface area contributed by atoms with Crippen LogP contribution in [0.1, 0.15) is 24.2 Å². The normalized spacial score (nSPS) is 13.3. The summed E-state index contributed by atoms with van der Waals surface area (Å²) in [6.45, 7) is 7.77. The minimum absolute atomic E-state index is 0.156. The van der Waals surface area contributed by atoms with E-state index in [2.05, 4.69) is 61.6 Å². The molecule has 0 radical (unpaired) electrons. The Labute approximate surface area is 232 Å². The van der Waals surface area contributed by atoms with Crippen LogP contribution in [0.2, 0.25) is 0 Å². The maximum atomic E-state index is 13.3. The van der Waals surface area contributed by atoms with Crippen LogP contribution in [0, 0.1) is 5.92 Å². The van der Waals surface area contributed by atoms with Gasteiger partial charge in [0.25, 0.3) is 5.91 Å². The molecule has 200 valence electrons. The first-order chi connectivity index (χ1) is 18.3. The van der Waals surface area contributed by atoms with Crippen LogP contribution in [0.5, 0.6) is 5.75 Å². The Kier molecular flexibility index (Phi) is 9.12. The van der Waals surface area contributed by atoms with Gasteiger partial charge in [-0.05, 0) is 54.4 Å². The maximum Gasteiger partial charge on any atom is 0.323 e. The minimum atomic E-state index is -0.380. The van der Waals surface area contributed by atoms with Gasteiger partial charge >= 0.3 is 6.03 Å². The number of nitrogens with one attached hydrogen (secondary N) is 3. The van der Waals surface area contributed by atoms with Crippen LogP contribution in [0.15, 0.2) is 71.2 Å². The Hall–Kier alpha value is -3.72. The van der Waals surface area contributed by atoms with Crippen molar-refractivity contribution in [1.82, 2.24) is 5.32 Å². The Morgan fingerprint density at radius 1 is 0.868 bits per heavy atom. The van der Waals surface area contributed by atoms with E-state index in [0.29, 0.717) is 29.4 Å². The number of rotatable bonds is 8. The van der Waals surface area contributed by atoms with Gasteiger partial charge in [0.1, 0.15) is 5.75 Å². The van der Waals surface area contributed by atoms with Crippen molar-refractivity contribution in [3.63, 3.8) is 0 Å². The van der Waals surface area contributed by atoms with Gasteiger partial charge in [0.2, 0.25) is 0 Å². The van der Waals surface area contributed by atoms with Gasteiger partial charge in [-0.25, -0.2) is 4.79 Å². The molecule has 1 aliphatic rings. The second kappa shape index (κ2) is 12.7. The SMILES string of the molecule is COc1ccccc1N1CCN(c2ccc(NC(=O)Nc3cccc(Br)c3)cc2C(=O)NCC(C)C)CC1. The molecular weight excluding hydrogens is 546 g/mol. The van der Waals surface area contributed by atoms with E-state index >= 15 is 0 Å². The van der Waals surface area contributed by atoms with Crippen molar-refractivity contribution >= 4 is 50.6 Å². The van der Waals surface area contributed by atoms with E-state index in [0.717, 1.165) is 47.8 Å². The van der Waals surface area contributed by atoms with Gasteiger partial charge in [0.05, 0.1) is 18.4 Å². The number of para-hydroxylation sites is 2. The average molecular weight is 581 g/mol. The number of hydrogen-bond acceptors (Lipinski definition) is 5. The monoisotopic (exact) mass is 579 g/mol. The lowest BCUT2D eigenvalue weighted by molar-refractivity contribution is 0.0949. The molecule has 0 atom stereocenters. The Morgan fingerprint density at radius 2 is 1.53 bits per heavy atom. The van der Waals surface area contributed by atoms with Gasteiger partial charge in [-0.2, -0.15) is 0 Å². The number of ether oxygens (including phenoxy) is 1. The average Bonchev–Trinajstić information content (AvgIpc) is 2.91. The fraction of sp³-hybridized carbons (Fsp3) is 0.310. The number of urea groups is 1. The van der Waals surface area contributed by atoms with Gasteiger partial charge in [0.15, 0.2) is 0 Å². The van der Waals surface area contributed by atoms with Crippen LogP contribution < -0.4 is 30.5 Å². The summed E-state index contributed by atoms with van der Waals surface area (Å²) in [5.74, 6) is 1.02. The largest absolute Gasteiger partial charge is 0.495 e. The molecule has 38 heavy (non-hydrogen) atoms. The van der Waals surface area contributed by atoms with Crippen molar-refractivity contribution in [3.8, 4) is 5.75 Å². The molecule has 3 aromatic carbocycles. The highest BCUT2D eigenvalue weighted by Gasteiger charge is 2.24. The van der Waals surface area contributed by atoms with E-state index < -0.39 is 0 Å². The number of anilines is 4. The van der Waals surface area contributed by atoms with Crippen LogP contribution in [-0.4, -0.2) is 51.8 Å². The quantitative estimate of drug-likeness (QED) is 0.313. The molecule has 3 N–H and O–H groups in total. The summed E-state index contributed by atoms with van der Waals surface area (Å²) in [6.07, 6.45) is 0. The standard InChI is InChI=1S/C29H34BrN5O3/c1-20(2)19-31-28(36)24-18-23(33-29(37)32-22-8-6-7-21(30)17-22)11-12-25(24)34-13-15-35(16-14-34)26-9-4-5-10-27(26)38-3/h4-12,17-18,20H,13-16,19H2,1-3H3,(H,31,36)(H2,32,33,37). The number of piperazine rings is 1. The maximum absolute atomic E-state index is 13.3. The summed E-state index contributed by atoms with van der Waals surface area (Å²) >= 11 is 3.41. The van der Waals surface area contributed by atoms with Crippen molar-refractivity contribution in [3.05, 3.63) is 76.8 Å². The first kappa shape index (κ1) is 27.3. The Balaban J connectivity index is 1.51. The first-order valence-corrected chi connectivity index (χ1v) is 13.5. The number of hydrogen-bond donors (Lipinski definition) is 3. The molecule has 0 bridgehead atoms. The van der Waals surface area contributed by atoms with Gasteiger partial charge in [0, 0.05) is 54.3 Å². The Bertz CT molecular complexity index is 1270. The summed E-state index contributed by atoms with van der Waals surface area (Å²) in [6, 6.07) is 20.5. The third-order valence-corrected chi connectivity index (χ3v) is 6.79. The number of carbonyl (C=O) groups excluding carboxylic acids is 2. The van der Waals surface area contributed by atoms with Gasteiger partial charge in [-0.1, -0.05) is 48.0 Å². The van der Waals surface area contributed by atoms with Crippen molar-refractivity contribution in [2.45, 2.75) is 13.8 Å². The molecule has 1 saturated heterocycles. The molecule has 0 aromatic heterocycles. The molecule has 3 aromatic rings. The smallest absolute Gasteiger partial charge is 0.323 e. The van der Waals surface area contributed by atoms with E-state index in [1.807, 2.05) is 54.6 Å². The number of halogens is 1. The van der Waals surface area contributed by atoms with Crippen molar-refractivity contribution in [2.24, 2.45) is 5.92 Å². The van der Waals surface area contributed by atoms with E-state index in [1.54, 1.807) is 13.2 Å². The summed E-state index contributed by atoms with van der Waals surface area (Å²) in [5, 5.41) is 8.70. The number of nitrogens with zero attached hydrogens (tertiary/aromatic N) is 2. The zero-order valence-electron chi connectivity index (χ0n) is 22.0. The minimum Gasteiger partial charge on any atom is -0.495 e. The first-order valence-electron chi connectivity index (χ1n) is 12.7. The fourth-order valence-corrected chi connectivity index (χ4v) is 4.80. The van der Waals surface area contributed by atoms with Crippen LogP contribution in [-0.2, 0) is 0 Å². The number of amides is 3. The lowest BCUT2D eigenvalue weighted by atomic mass is 10.1. The lowest BCUT2D eigenvalue weighted by Gasteiger charge is -2.38. The molecule has 1 heterocycles. The molecule has 8 nitrogen and oxygen atoms in total. The fourth-order valence-electron chi connectivity index (χ4n) is 4.40. The highest BCUT2D eigenvalue weighted by molar-refractivity contribution is 9.10. The summed E-state index contributed by atoms with van der Waals surface area (Å²) in [5.41, 5.74) is 3.67. The number of methoxy groups -OCH3 is 1. The second-order valence-electron chi connectivity index (χ2n) is 9.57. The molecule has 4 rings (SSSR count). The summed E-state index contributed by atoms with van der Waals surface area (Å²) in [7, 11) is 1.69. The number of benzene rings is 3. The predicted octanol–water partition coefficient (Wildman–Crippen LogP) is 5.81. The summed E-state index contributed by atoms with van der Waals surface area (Å²) in [4.78, 5) is 30.4. The molecule has 9 heteroatoms. The van der Waals surface area contributed by atoms with Crippen molar-refractivity contribution in [1.29, 1.82) is 0 Å². The van der Waals surface area contributed by atoms with E-state index in [9.17, 15) is 9.59 Å². The van der Waals surface area contributed by atoms with Gasteiger partial charge in [-0.3, -0.25) is 4.79 Å². The topological polar surface area (TPSA) is 85.9 Å². The number of carbonyl (C=O) groups is 2. The molecule has 0 aliphatic carbocycles. The zero-order chi connectivity index (χ0) is 27.1. The molecule has 0 saturated carbocycles. The van der Waals surface area contributed by atoms with Crippen LogP contribution in [0.3, 0.4) is 0 Å². The predicted molar refractivity (Wildman–Crippen MR) is 158 cm³/mol. The molecule has 1 aliphatic heterocycles. The van der Waals surface area contributed by atoms with Crippen LogP contribution in [0.25, 0.3) is 0 Å². The third-order valence-electron chi connectivity index (χ3n) is 6.30. The Morgan fingerprint density at radius 3 is 2.18 bits per heavy atom. The molecule has 1 fully saturated rings. The molecule has 3 amide bonds. The van der Waals surface area contributed by atoms with Gasteiger partial charge < -0.3 is 30.5 Å². The van der Waals surface area contributed by atoms with Crippen LogP contribution in [0.4, 0.5) is 27.5 Å². The molecule has 0 unspecified atom stereocenters. The van der Waals surface area contributed by atoms with E-state index in [1.165, 1.54) is 0 Å². The third kappa shape index (κ3) is 6.98. The highest BCUT2D eigenvalue weighted by atomic mass is 79.9. The second-order valence-corrected chi connectivity index (χ2v) is 10.5. The lowest BCUT2D eigenvalue weighted by Crippen LogP contribution is -2.47. The van der Waals surface area contributed by atoms with Gasteiger partial charge in [-0.15, -0.1) is 0 Å². The van der Waals surface area contributed by atoms with Crippen molar-refractivity contribution in [2.75, 3.05) is 60.3 Å². The molecule has 0 spiro atoms. The van der Waals surface area contributed by atoms with Crippen molar-refractivity contribution < 1.29 is 14.3 Å². The van der Waals surface area contributed by atoms with E-state index in [4.69, 9.17) is 4.74 Å². The van der Waals surface area contributed by atoms with E-state index in [-0.39, 0.29) is 11.9 Å². The zero-order valence-corrected chi connectivity index (χ0v) is 23.5. The summed E-state index contributed by atoms with van der Waals surface area (Å²) < 4.78 is 6.41. The molecular formula is C29H34BrN5O3. The van der Waals surface area contributed by atoms with Crippen LogP contribution >= 0.6 is 15.9 Å². The highest BCUT2D eigenvalue weighted by Crippen LogP contribution is 2.31.